The highest BCUT2D eigenvalue weighted by Crippen LogP contribution is 2.45. The fourth-order valence-electron chi connectivity index (χ4n) is 2.96. The van der Waals surface area contributed by atoms with Gasteiger partial charge in [-0.25, -0.2) is 0 Å². The monoisotopic (exact) mass is 320 g/mol. The van der Waals surface area contributed by atoms with Crippen molar-refractivity contribution in [2.75, 3.05) is 26.3 Å². The van der Waals surface area contributed by atoms with Crippen LogP contribution < -0.4 is 4.74 Å². The van der Waals surface area contributed by atoms with Crippen molar-refractivity contribution in [1.29, 1.82) is 0 Å². The number of hydrogen-bond acceptors (Lipinski definition) is 6. The molecule has 0 aliphatic carbocycles. The number of ether oxygens (including phenoxy) is 2. The molecular weight excluding hydrogens is 300 g/mol. The molecule has 2 aliphatic heterocycles. The van der Waals surface area contributed by atoms with Crippen molar-refractivity contribution in [3.8, 4) is 5.75 Å². The van der Waals surface area contributed by atoms with Gasteiger partial charge in [-0.3, -0.25) is 15.0 Å². The van der Waals surface area contributed by atoms with E-state index in [0.29, 0.717) is 37.8 Å². The fraction of sp³-hybridized carbons (Fsp3) is 0.500. The van der Waals surface area contributed by atoms with Gasteiger partial charge in [0.2, 0.25) is 0 Å². The summed E-state index contributed by atoms with van der Waals surface area (Å²) in [5, 5.41) is 21.2. The summed E-state index contributed by atoms with van der Waals surface area (Å²) in [5.74, 6) is 1.21. The molecule has 0 amide bonds. The van der Waals surface area contributed by atoms with E-state index in [1.54, 1.807) is 32.1 Å². The molecule has 1 fully saturated rings. The van der Waals surface area contributed by atoms with E-state index in [4.69, 9.17) is 9.47 Å². The zero-order chi connectivity index (χ0) is 16.6. The van der Waals surface area contributed by atoms with Crippen molar-refractivity contribution in [3.05, 3.63) is 45.7 Å². The van der Waals surface area contributed by atoms with Crippen LogP contribution in [0, 0.1) is 10.1 Å². The summed E-state index contributed by atoms with van der Waals surface area (Å²) in [6.45, 7) is 5.97. The van der Waals surface area contributed by atoms with Crippen LogP contribution in [0.4, 0.5) is 5.69 Å². The number of aliphatic hydroxyl groups is 1. The van der Waals surface area contributed by atoms with E-state index in [1.165, 1.54) is 6.07 Å². The highest BCUT2D eigenvalue weighted by molar-refractivity contribution is 5.52. The van der Waals surface area contributed by atoms with Gasteiger partial charge in [0, 0.05) is 30.8 Å². The molecule has 2 heterocycles. The van der Waals surface area contributed by atoms with Gasteiger partial charge in [0.15, 0.2) is 0 Å². The van der Waals surface area contributed by atoms with Gasteiger partial charge in [-0.1, -0.05) is 0 Å². The lowest BCUT2D eigenvalue weighted by Gasteiger charge is -2.32. The van der Waals surface area contributed by atoms with Gasteiger partial charge in [0.25, 0.3) is 5.69 Å². The van der Waals surface area contributed by atoms with E-state index in [-0.39, 0.29) is 11.7 Å². The third-order valence-corrected chi connectivity index (χ3v) is 3.90. The number of fused-ring (bicyclic) bond motifs is 1. The van der Waals surface area contributed by atoms with Gasteiger partial charge in [0.1, 0.15) is 11.5 Å². The smallest absolute Gasteiger partial charge is 0.270 e. The first-order valence-electron chi connectivity index (χ1n) is 7.58. The van der Waals surface area contributed by atoms with Crippen LogP contribution in [0.1, 0.15) is 25.5 Å². The van der Waals surface area contributed by atoms with Crippen LogP contribution >= 0.6 is 0 Å². The minimum atomic E-state index is -1.03. The van der Waals surface area contributed by atoms with Crippen LogP contribution in [0.15, 0.2) is 30.0 Å². The predicted molar refractivity (Wildman–Crippen MR) is 83.2 cm³/mol. The van der Waals surface area contributed by atoms with Crippen LogP contribution in [0.3, 0.4) is 0 Å². The van der Waals surface area contributed by atoms with Gasteiger partial charge < -0.3 is 14.6 Å². The second kappa shape index (κ2) is 5.92. The minimum Gasteiger partial charge on any atom is -0.460 e. The minimum absolute atomic E-state index is 0.0371. The van der Waals surface area contributed by atoms with Crippen LogP contribution in [-0.4, -0.2) is 46.8 Å². The Bertz CT molecular complexity index is 644. The Morgan fingerprint density at radius 3 is 2.70 bits per heavy atom. The number of nitrogens with zero attached hydrogens (tertiary/aromatic N) is 2. The number of hydrogen-bond donors (Lipinski definition) is 1. The first kappa shape index (κ1) is 15.9. The molecule has 1 N–H and O–H groups in total. The lowest BCUT2D eigenvalue weighted by Crippen LogP contribution is -2.39. The molecule has 0 saturated carbocycles. The maximum absolute atomic E-state index is 11.1. The zero-order valence-corrected chi connectivity index (χ0v) is 13.2. The zero-order valence-electron chi connectivity index (χ0n) is 13.2. The molecule has 0 radical (unpaired) electrons. The number of benzene rings is 1. The topological polar surface area (TPSA) is 85.1 Å². The fourth-order valence-corrected chi connectivity index (χ4v) is 2.96. The SMILES string of the molecule is CC(C)(O)C=C1Oc2ccc([N+](=O)[O-])cc2C1N1CCOCC1. The first-order valence-corrected chi connectivity index (χ1v) is 7.58. The van der Waals surface area contributed by atoms with Crippen molar-refractivity contribution in [3.63, 3.8) is 0 Å². The van der Waals surface area contributed by atoms with E-state index in [2.05, 4.69) is 4.90 Å². The Kier molecular flexibility index (Phi) is 4.09. The molecule has 1 aromatic carbocycles. The van der Waals surface area contributed by atoms with E-state index in [1.807, 2.05) is 0 Å². The molecule has 0 bridgehead atoms. The lowest BCUT2D eigenvalue weighted by molar-refractivity contribution is -0.384. The Labute approximate surface area is 134 Å². The molecule has 0 aromatic heterocycles. The van der Waals surface area contributed by atoms with Crippen LogP contribution in [-0.2, 0) is 4.74 Å². The number of morpholine rings is 1. The second-order valence-corrected chi connectivity index (χ2v) is 6.33. The van der Waals surface area contributed by atoms with E-state index in [9.17, 15) is 15.2 Å². The van der Waals surface area contributed by atoms with E-state index < -0.39 is 10.5 Å². The van der Waals surface area contributed by atoms with E-state index in [0.717, 1.165) is 5.56 Å². The van der Waals surface area contributed by atoms with Crippen LogP contribution in [0.25, 0.3) is 0 Å². The van der Waals surface area contributed by atoms with Gasteiger partial charge in [-0.2, -0.15) is 0 Å². The maximum atomic E-state index is 11.1. The Morgan fingerprint density at radius 2 is 2.09 bits per heavy atom. The Morgan fingerprint density at radius 1 is 1.39 bits per heavy atom. The lowest BCUT2D eigenvalue weighted by atomic mass is 10.0. The van der Waals surface area contributed by atoms with Crippen molar-refractivity contribution < 1.29 is 19.5 Å². The van der Waals surface area contributed by atoms with Gasteiger partial charge in [-0.05, 0) is 26.0 Å². The summed E-state index contributed by atoms with van der Waals surface area (Å²) in [7, 11) is 0. The molecule has 3 rings (SSSR count). The third-order valence-electron chi connectivity index (χ3n) is 3.90. The summed E-state index contributed by atoms with van der Waals surface area (Å²) < 4.78 is 11.3. The number of nitro groups is 1. The average Bonchev–Trinajstić information content (AvgIpc) is 2.82. The first-order chi connectivity index (χ1) is 10.8. The Balaban J connectivity index is 2.04. The largest absolute Gasteiger partial charge is 0.460 e. The molecule has 1 atom stereocenters. The van der Waals surface area contributed by atoms with Gasteiger partial charge in [-0.15, -0.1) is 0 Å². The standard InChI is InChI=1S/C16H20N2O5/c1-16(2,19)10-14-15(17-5-7-22-8-6-17)12-9-11(18(20)21)3-4-13(12)23-14/h3-4,9-10,15,19H,5-8H2,1-2H3. The number of rotatable bonds is 3. The molecule has 124 valence electrons. The molecule has 1 unspecified atom stereocenters. The van der Waals surface area contributed by atoms with Gasteiger partial charge >= 0.3 is 0 Å². The summed E-state index contributed by atoms with van der Waals surface area (Å²) >= 11 is 0. The summed E-state index contributed by atoms with van der Waals surface area (Å²) in [4.78, 5) is 12.8. The average molecular weight is 320 g/mol. The quantitative estimate of drug-likeness (QED) is 0.677. The van der Waals surface area contributed by atoms with Crippen molar-refractivity contribution in [2.24, 2.45) is 0 Å². The summed E-state index contributed by atoms with van der Waals surface area (Å²) in [6, 6.07) is 4.37. The molecule has 7 heteroatoms. The molecule has 2 aliphatic rings. The van der Waals surface area contributed by atoms with E-state index >= 15 is 0 Å². The number of nitro benzene ring substituents is 1. The van der Waals surface area contributed by atoms with Gasteiger partial charge in [0.05, 0.1) is 29.8 Å². The normalized spacial score (nSPS) is 23.6. The van der Waals surface area contributed by atoms with Crippen molar-refractivity contribution in [2.45, 2.75) is 25.5 Å². The highest BCUT2D eigenvalue weighted by atomic mass is 16.6. The predicted octanol–water partition coefficient (Wildman–Crippen LogP) is 2.02. The van der Waals surface area contributed by atoms with Crippen molar-refractivity contribution in [1.82, 2.24) is 4.90 Å². The second-order valence-electron chi connectivity index (χ2n) is 6.33. The molecule has 0 spiro atoms. The molecule has 1 aromatic rings. The summed E-state index contributed by atoms with van der Waals surface area (Å²) in [5.41, 5.74) is -0.236. The number of non-ortho nitro benzene ring substituents is 1. The molecule has 1 saturated heterocycles. The third kappa shape index (κ3) is 3.36. The van der Waals surface area contributed by atoms with Crippen LogP contribution in [0.5, 0.6) is 5.75 Å². The maximum Gasteiger partial charge on any atom is 0.270 e. The van der Waals surface area contributed by atoms with Crippen LogP contribution in [0.2, 0.25) is 0 Å². The molecule has 23 heavy (non-hydrogen) atoms. The highest BCUT2D eigenvalue weighted by Gasteiger charge is 2.37. The van der Waals surface area contributed by atoms with Crippen molar-refractivity contribution >= 4 is 5.69 Å². The molecule has 7 nitrogen and oxygen atoms in total. The molecular formula is C16H20N2O5. The summed E-state index contributed by atoms with van der Waals surface area (Å²) in [6.07, 6.45) is 1.67. The Hall–Kier alpha value is -1.96.